The highest BCUT2D eigenvalue weighted by atomic mass is 19.2. The van der Waals surface area contributed by atoms with Gasteiger partial charge in [-0.2, -0.15) is 0 Å². The maximum absolute atomic E-state index is 13.6. The zero-order valence-electron chi connectivity index (χ0n) is 13.6. The van der Waals surface area contributed by atoms with Gasteiger partial charge in [-0.05, 0) is 57.0 Å². The highest BCUT2D eigenvalue weighted by molar-refractivity contribution is 6.62. The molecule has 0 amide bonds. The van der Waals surface area contributed by atoms with Crippen LogP contribution in [0, 0.1) is 11.6 Å². The van der Waals surface area contributed by atoms with Gasteiger partial charge in [0.05, 0.1) is 16.8 Å². The van der Waals surface area contributed by atoms with Crippen LogP contribution >= 0.6 is 0 Å². The van der Waals surface area contributed by atoms with E-state index in [1.807, 2.05) is 27.7 Å². The van der Waals surface area contributed by atoms with E-state index in [2.05, 4.69) is 4.98 Å². The zero-order chi connectivity index (χ0) is 16.8. The van der Waals surface area contributed by atoms with E-state index in [1.165, 1.54) is 6.07 Å². The third-order valence-electron chi connectivity index (χ3n) is 4.55. The van der Waals surface area contributed by atoms with Crippen molar-refractivity contribution >= 4 is 12.7 Å². The van der Waals surface area contributed by atoms with Crippen molar-refractivity contribution < 1.29 is 18.1 Å². The van der Waals surface area contributed by atoms with Crippen molar-refractivity contribution in [1.29, 1.82) is 0 Å². The molecule has 23 heavy (non-hydrogen) atoms. The van der Waals surface area contributed by atoms with Crippen LogP contribution in [-0.4, -0.2) is 23.3 Å². The zero-order valence-corrected chi connectivity index (χ0v) is 13.6. The minimum absolute atomic E-state index is 0.499. The number of halogens is 2. The molecular weight excluding hydrogens is 299 g/mol. The second-order valence-corrected chi connectivity index (χ2v) is 6.65. The number of aromatic nitrogens is 1. The molecule has 0 spiro atoms. The van der Waals surface area contributed by atoms with E-state index in [0.717, 1.165) is 12.1 Å². The van der Waals surface area contributed by atoms with E-state index >= 15 is 0 Å². The van der Waals surface area contributed by atoms with Crippen LogP contribution in [-0.2, 0) is 9.31 Å². The van der Waals surface area contributed by atoms with Crippen LogP contribution in [0.1, 0.15) is 27.7 Å². The van der Waals surface area contributed by atoms with Gasteiger partial charge in [0.1, 0.15) is 0 Å². The predicted octanol–water partition coefficient (Wildman–Crippen LogP) is 3.33. The topological polar surface area (TPSA) is 31.4 Å². The van der Waals surface area contributed by atoms with Gasteiger partial charge < -0.3 is 9.31 Å². The second-order valence-electron chi connectivity index (χ2n) is 6.65. The van der Waals surface area contributed by atoms with Gasteiger partial charge in [-0.25, -0.2) is 8.78 Å². The van der Waals surface area contributed by atoms with Crippen LogP contribution in [0.5, 0.6) is 0 Å². The molecule has 0 N–H and O–H groups in total. The van der Waals surface area contributed by atoms with Crippen molar-refractivity contribution in [3.05, 3.63) is 48.2 Å². The Kier molecular flexibility index (Phi) is 3.77. The Morgan fingerprint density at radius 2 is 1.61 bits per heavy atom. The molecule has 3 rings (SSSR count). The molecule has 0 radical (unpaired) electrons. The van der Waals surface area contributed by atoms with Gasteiger partial charge in [0.25, 0.3) is 0 Å². The second kappa shape index (κ2) is 5.39. The number of benzene rings is 1. The molecule has 1 fully saturated rings. The van der Waals surface area contributed by atoms with E-state index in [9.17, 15) is 8.78 Å². The summed E-state index contributed by atoms with van der Waals surface area (Å²) in [5.74, 6) is -1.78. The molecule has 6 heteroatoms. The van der Waals surface area contributed by atoms with Crippen LogP contribution in [0.15, 0.2) is 36.5 Å². The van der Waals surface area contributed by atoms with Gasteiger partial charge in [-0.15, -0.1) is 0 Å². The van der Waals surface area contributed by atoms with Crippen molar-refractivity contribution in [2.24, 2.45) is 0 Å². The van der Waals surface area contributed by atoms with Gasteiger partial charge in [0, 0.05) is 6.20 Å². The number of rotatable bonds is 2. The molecule has 120 valence electrons. The minimum Gasteiger partial charge on any atom is -0.398 e. The summed E-state index contributed by atoms with van der Waals surface area (Å²) < 4.78 is 38.8. The van der Waals surface area contributed by atoms with Crippen molar-refractivity contribution in [3.63, 3.8) is 0 Å². The number of hydrogen-bond acceptors (Lipinski definition) is 3. The summed E-state index contributed by atoms with van der Waals surface area (Å²) >= 11 is 0. The lowest BCUT2D eigenvalue weighted by Gasteiger charge is -2.32. The van der Waals surface area contributed by atoms with Gasteiger partial charge in [-0.3, -0.25) is 4.98 Å². The number of hydrogen-bond donors (Lipinski definition) is 0. The molecule has 2 aromatic rings. The van der Waals surface area contributed by atoms with E-state index in [4.69, 9.17) is 9.31 Å². The Morgan fingerprint density at radius 3 is 2.22 bits per heavy atom. The Labute approximate surface area is 134 Å². The maximum Gasteiger partial charge on any atom is 0.515 e. The third-order valence-corrected chi connectivity index (χ3v) is 4.55. The first kappa shape index (κ1) is 16.1. The largest absolute Gasteiger partial charge is 0.515 e. The number of pyridine rings is 1. The fourth-order valence-corrected chi connectivity index (χ4v) is 2.47. The lowest BCUT2D eigenvalue weighted by Crippen LogP contribution is -2.41. The summed E-state index contributed by atoms with van der Waals surface area (Å²) in [6.45, 7) is 7.81. The molecule has 0 aliphatic carbocycles. The lowest BCUT2D eigenvalue weighted by atomic mass is 9.79. The summed E-state index contributed by atoms with van der Waals surface area (Å²) in [7, 11) is -0.663. The summed E-state index contributed by atoms with van der Waals surface area (Å²) in [4.78, 5) is 4.35. The number of nitrogens with zero attached hydrogens (tertiary/aromatic N) is 1. The Balaban J connectivity index is 2.04. The van der Waals surface area contributed by atoms with Crippen LogP contribution in [0.3, 0.4) is 0 Å². The molecule has 0 bridgehead atoms. The van der Waals surface area contributed by atoms with Gasteiger partial charge in [0.2, 0.25) is 0 Å². The first-order valence-corrected chi connectivity index (χ1v) is 7.47. The third kappa shape index (κ3) is 2.77. The van der Waals surface area contributed by atoms with Crippen LogP contribution in [0.25, 0.3) is 11.1 Å². The van der Waals surface area contributed by atoms with Crippen molar-refractivity contribution in [2.45, 2.75) is 38.9 Å². The molecular formula is C17H18BF2NO2. The first-order valence-electron chi connectivity index (χ1n) is 7.47. The van der Waals surface area contributed by atoms with Crippen molar-refractivity contribution in [3.8, 4) is 11.1 Å². The Bertz CT molecular complexity index is 733. The average molecular weight is 317 g/mol. The Morgan fingerprint density at radius 1 is 0.957 bits per heavy atom. The molecule has 0 unspecified atom stereocenters. The molecule has 0 atom stereocenters. The van der Waals surface area contributed by atoms with Gasteiger partial charge >= 0.3 is 7.12 Å². The normalized spacial score (nSPS) is 19.1. The van der Waals surface area contributed by atoms with Gasteiger partial charge in [0.15, 0.2) is 11.6 Å². The smallest absolute Gasteiger partial charge is 0.398 e. The Hall–Kier alpha value is -1.79. The fourth-order valence-electron chi connectivity index (χ4n) is 2.47. The van der Waals surface area contributed by atoms with Crippen molar-refractivity contribution in [1.82, 2.24) is 4.98 Å². The van der Waals surface area contributed by atoms with Crippen LogP contribution in [0.4, 0.5) is 8.78 Å². The summed E-state index contributed by atoms with van der Waals surface area (Å²) in [5.41, 5.74) is 0.741. The summed E-state index contributed by atoms with van der Waals surface area (Å²) in [6, 6.07) is 7.31. The predicted molar refractivity (Wildman–Crippen MR) is 85.3 cm³/mol. The summed E-state index contributed by atoms with van der Waals surface area (Å²) in [6.07, 6.45) is 1.63. The fraction of sp³-hybridized carbons (Fsp3) is 0.353. The molecule has 1 aromatic heterocycles. The maximum atomic E-state index is 13.6. The first-order chi connectivity index (χ1) is 10.7. The molecule has 2 heterocycles. The van der Waals surface area contributed by atoms with E-state index in [-0.39, 0.29) is 0 Å². The van der Waals surface area contributed by atoms with Gasteiger partial charge in [-0.1, -0.05) is 12.1 Å². The van der Waals surface area contributed by atoms with E-state index < -0.39 is 30.0 Å². The quantitative estimate of drug-likeness (QED) is 0.796. The SMILES string of the molecule is CC1(C)OB(c2ncccc2-c2ccc(F)c(F)c2)OC1(C)C. The molecule has 0 saturated carbocycles. The average Bonchev–Trinajstić information content (AvgIpc) is 2.70. The summed E-state index contributed by atoms with van der Waals surface area (Å²) in [5, 5.41) is 0. The molecule has 1 aromatic carbocycles. The van der Waals surface area contributed by atoms with Crippen LogP contribution < -0.4 is 5.59 Å². The molecule has 1 saturated heterocycles. The van der Waals surface area contributed by atoms with E-state index in [0.29, 0.717) is 16.7 Å². The van der Waals surface area contributed by atoms with E-state index in [1.54, 1.807) is 18.3 Å². The van der Waals surface area contributed by atoms with Crippen LogP contribution in [0.2, 0.25) is 0 Å². The highest BCUT2D eigenvalue weighted by Crippen LogP contribution is 2.37. The molecule has 3 nitrogen and oxygen atoms in total. The highest BCUT2D eigenvalue weighted by Gasteiger charge is 2.52. The standard InChI is InChI=1S/C17H18BF2NO2/c1-16(2)17(3,4)23-18(22-16)15-12(6-5-9-21-15)11-7-8-13(19)14(20)10-11/h5-10H,1-4H3. The molecule has 1 aliphatic heterocycles. The minimum atomic E-state index is -0.897. The molecule has 1 aliphatic rings. The lowest BCUT2D eigenvalue weighted by molar-refractivity contribution is 0.00578. The monoisotopic (exact) mass is 317 g/mol. The van der Waals surface area contributed by atoms with Crippen molar-refractivity contribution in [2.75, 3.05) is 0 Å².